The van der Waals surface area contributed by atoms with Crippen LogP contribution in [0.3, 0.4) is 0 Å². The molecule has 2 rings (SSSR count). The molecule has 1 aromatic carbocycles. The Balaban J connectivity index is 1.87. The smallest absolute Gasteiger partial charge is 0.191 e. The number of hydrazone groups is 1. The van der Waals surface area contributed by atoms with Crippen LogP contribution in [0.1, 0.15) is 10.7 Å². The van der Waals surface area contributed by atoms with Crippen LogP contribution in [-0.2, 0) is 0 Å². The number of ether oxygens (including phenoxy) is 1. The van der Waals surface area contributed by atoms with Gasteiger partial charge < -0.3 is 10.1 Å². The second-order valence-electron chi connectivity index (χ2n) is 3.85. The summed E-state index contributed by atoms with van der Waals surface area (Å²) in [6.07, 6.45) is 1.63. The first-order chi connectivity index (χ1) is 9.67. The van der Waals surface area contributed by atoms with Gasteiger partial charge in [0.15, 0.2) is 5.11 Å². The van der Waals surface area contributed by atoms with Crippen LogP contribution in [0.2, 0.25) is 0 Å². The van der Waals surface area contributed by atoms with Crippen molar-refractivity contribution in [1.29, 1.82) is 0 Å². The molecule has 0 bridgehead atoms. The van der Waals surface area contributed by atoms with Gasteiger partial charge in [-0.15, -0.1) is 11.3 Å². The maximum Gasteiger partial charge on any atom is 0.191 e. The van der Waals surface area contributed by atoms with Crippen molar-refractivity contribution in [3.8, 4) is 5.75 Å². The largest absolute Gasteiger partial charge is 0.497 e. The fraction of sp³-hybridized carbons (Fsp3) is 0.154. The zero-order chi connectivity index (χ0) is 14.4. The van der Waals surface area contributed by atoms with Gasteiger partial charge in [-0.1, -0.05) is 6.07 Å². The maximum absolute atomic E-state index is 5.14. The second-order valence-corrected chi connectivity index (χ2v) is 5.32. The third kappa shape index (κ3) is 4.29. The first-order valence-electron chi connectivity index (χ1n) is 5.83. The van der Waals surface area contributed by atoms with Gasteiger partial charge in [0.25, 0.3) is 0 Å². The van der Waals surface area contributed by atoms with E-state index in [9.17, 15) is 0 Å². The Labute approximate surface area is 126 Å². The third-order valence-electron chi connectivity index (χ3n) is 2.33. The average Bonchev–Trinajstić information content (AvgIpc) is 2.84. The molecule has 0 fully saturated rings. The molecule has 7 heteroatoms. The number of methoxy groups -OCH3 is 1. The molecule has 0 aliphatic carbocycles. The normalized spacial score (nSPS) is 10.5. The molecular formula is C13H14N4OS2. The van der Waals surface area contributed by atoms with E-state index in [0.717, 1.165) is 22.1 Å². The Morgan fingerprint density at radius 3 is 3.05 bits per heavy atom. The van der Waals surface area contributed by atoms with E-state index in [1.807, 2.05) is 36.6 Å². The summed E-state index contributed by atoms with van der Waals surface area (Å²) < 4.78 is 5.14. The zero-order valence-electron chi connectivity index (χ0n) is 11.1. The second kappa shape index (κ2) is 6.97. The molecule has 1 heterocycles. The Morgan fingerprint density at radius 1 is 1.50 bits per heavy atom. The van der Waals surface area contributed by atoms with Crippen LogP contribution < -0.4 is 15.5 Å². The standard InChI is InChI=1S/C13H14N4OS2/c1-9-15-11(8-20-9)7-14-17-13(19)16-10-4-3-5-12(6-10)18-2/h3-8H,1-2H3,(H2,16,17,19)/b14-7+. The van der Waals surface area contributed by atoms with Crippen LogP contribution in [0, 0.1) is 6.92 Å². The highest BCUT2D eigenvalue weighted by atomic mass is 32.1. The number of nitrogens with one attached hydrogen (secondary N) is 2. The minimum Gasteiger partial charge on any atom is -0.497 e. The van der Waals surface area contributed by atoms with Crippen LogP contribution in [0.4, 0.5) is 5.69 Å². The highest BCUT2D eigenvalue weighted by Crippen LogP contribution is 2.16. The lowest BCUT2D eigenvalue weighted by Gasteiger charge is -2.08. The molecule has 0 aliphatic heterocycles. The molecule has 0 aliphatic rings. The Kier molecular flexibility index (Phi) is 5.03. The number of hydrogen-bond acceptors (Lipinski definition) is 5. The summed E-state index contributed by atoms with van der Waals surface area (Å²) in [5.41, 5.74) is 4.38. The molecule has 20 heavy (non-hydrogen) atoms. The zero-order valence-corrected chi connectivity index (χ0v) is 12.7. The van der Waals surface area contributed by atoms with Crippen molar-refractivity contribution in [3.63, 3.8) is 0 Å². The average molecular weight is 306 g/mol. The van der Waals surface area contributed by atoms with Crippen LogP contribution in [0.25, 0.3) is 0 Å². The van der Waals surface area contributed by atoms with Gasteiger partial charge in [0.1, 0.15) is 5.75 Å². The van der Waals surface area contributed by atoms with Crippen molar-refractivity contribution < 1.29 is 4.74 Å². The lowest BCUT2D eigenvalue weighted by molar-refractivity contribution is 0.415. The highest BCUT2D eigenvalue weighted by molar-refractivity contribution is 7.80. The van der Waals surface area contributed by atoms with E-state index in [2.05, 4.69) is 20.8 Å². The maximum atomic E-state index is 5.14. The Bertz CT molecular complexity index is 624. The monoisotopic (exact) mass is 306 g/mol. The van der Waals surface area contributed by atoms with E-state index in [1.54, 1.807) is 24.7 Å². The summed E-state index contributed by atoms with van der Waals surface area (Å²) in [5, 5.41) is 10.4. The molecule has 0 atom stereocenters. The number of aryl methyl sites for hydroxylation is 1. The number of aromatic nitrogens is 1. The number of thiazole rings is 1. The van der Waals surface area contributed by atoms with Crippen LogP contribution in [0.15, 0.2) is 34.7 Å². The molecule has 0 saturated carbocycles. The first kappa shape index (κ1) is 14.4. The molecule has 0 spiro atoms. The fourth-order valence-electron chi connectivity index (χ4n) is 1.46. The van der Waals surface area contributed by atoms with E-state index in [4.69, 9.17) is 17.0 Å². The van der Waals surface area contributed by atoms with Crippen molar-refractivity contribution in [2.24, 2.45) is 5.10 Å². The van der Waals surface area contributed by atoms with Crippen molar-refractivity contribution in [2.75, 3.05) is 12.4 Å². The van der Waals surface area contributed by atoms with Gasteiger partial charge in [0.05, 0.1) is 24.0 Å². The predicted octanol–water partition coefficient (Wildman–Crippen LogP) is 2.78. The quantitative estimate of drug-likeness (QED) is 0.517. The van der Waals surface area contributed by atoms with Gasteiger partial charge in [0.2, 0.25) is 0 Å². The SMILES string of the molecule is COc1cccc(NC(=S)N/N=C/c2csc(C)n2)c1. The molecule has 0 radical (unpaired) electrons. The minimum atomic E-state index is 0.404. The van der Waals surface area contributed by atoms with Gasteiger partial charge >= 0.3 is 0 Å². The molecule has 5 nitrogen and oxygen atoms in total. The molecule has 0 unspecified atom stereocenters. The minimum absolute atomic E-state index is 0.404. The number of rotatable bonds is 4. The number of thiocarbonyl (C=S) groups is 1. The molecule has 104 valence electrons. The number of nitrogens with zero attached hydrogens (tertiary/aromatic N) is 2. The van der Waals surface area contributed by atoms with Gasteiger partial charge in [0, 0.05) is 17.1 Å². The number of anilines is 1. The molecular weight excluding hydrogens is 292 g/mol. The summed E-state index contributed by atoms with van der Waals surface area (Å²) in [6, 6.07) is 7.49. The predicted molar refractivity (Wildman–Crippen MR) is 86.8 cm³/mol. The molecule has 0 amide bonds. The van der Waals surface area contributed by atoms with E-state index in [-0.39, 0.29) is 0 Å². The van der Waals surface area contributed by atoms with E-state index in [1.165, 1.54) is 0 Å². The van der Waals surface area contributed by atoms with Gasteiger partial charge in [-0.25, -0.2) is 4.98 Å². The van der Waals surface area contributed by atoms with Gasteiger partial charge in [-0.05, 0) is 31.3 Å². The molecule has 2 N–H and O–H groups in total. The van der Waals surface area contributed by atoms with Crippen molar-refractivity contribution in [2.45, 2.75) is 6.92 Å². The van der Waals surface area contributed by atoms with Gasteiger partial charge in [-0.2, -0.15) is 5.10 Å². The van der Waals surface area contributed by atoms with Crippen LogP contribution >= 0.6 is 23.6 Å². The van der Waals surface area contributed by atoms with E-state index < -0.39 is 0 Å². The van der Waals surface area contributed by atoms with Crippen LogP contribution in [-0.4, -0.2) is 23.4 Å². The Morgan fingerprint density at radius 2 is 2.35 bits per heavy atom. The molecule has 1 aromatic heterocycles. The highest BCUT2D eigenvalue weighted by Gasteiger charge is 1.98. The summed E-state index contributed by atoms with van der Waals surface area (Å²) >= 11 is 6.72. The summed E-state index contributed by atoms with van der Waals surface area (Å²) in [4.78, 5) is 4.26. The number of benzene rings is 1. The molecule has 0 saturated heterocycles. The number of hydrogen-bond donors (Lipinski definition) is 2. The van der Waals surface area contributed by atoms with Crippen molar-refractivity contribution in [1.82, 2.24) is 10.4 Å². The van der Waals surface area contributed by atoms with E-state index >= 15 is 0 Å². The van der Waals surface area contributed by atoms with Crippen molar-refractivity contribution in [3.05, 3.63) is 40.3 Å². The summed E-state index contributed by atoms with van der Waals surface area (Å²) in [5.74, 6) is 0.763. The lowest BCUT2D eigenvalue weighted by atomic mass is 10.3. The van der Waals surface area contributed by atoms with Crippen molar-refractivity contribution >= 4 is 40.6 Å². The first-order valence-corrected chi connectivity index (χ1v) is 7.12. The van der Waals surface area contributed by atoms with E-state index in [0.29, 0.717) is 5.11 Å². The third-order valence-corrected chi connectivity index (χ3v) is 3.31. The lowest BCUT2D eigenvalue weighted by Crippen LogP contribution is -2.23. The Hall–Kier alpha value is -1.99. The van der Waals surface area contributed by atoms with Crippen LogP contribution in [0.5, 0.6) is 5.75 Å². The molecule has 2 aromatic rings. The summed E-state index contributed by atoms with van der Waals surface area (Å²) in [6.45, 7) is 1.95. The fourth-order valence-corrected chi connectivity index (χ4v) is 2.19. The summed E-state index contributed by atoms with van der Waals surface area (Å²) in [7, 11) is 1.62. The van der Waals surface area contributed by atoms with Gasteiger partial charge in [-0.3, -0.25) is 5.43 Å². The topological polar surface area (TPSA) is 58.5 Å².